The highest BCUT2D eigenvalue weighted by Crippen LogP contribution is 2.33. The number of benzene rings is 1. The van der Waals surface area contributed by atoms with Gasteiger partial charge in [-0.05, 0) is 114 Å². The number of ether oxygens (including phenoxy) is 9. The average molecular weight is 1060 g/mol. The molecule has 74 heavy (non-hydrogen) atoms. The van der Waals surface area contributed by atoms with Crippen LogP contribution in [0.15, 0.2) is 41.8 Å². The van der Waals surface area contributed by atoms with E-state index in [4.69, 9.17) is 42.6 Å². The monoisotopic (exact) mass is 1060 g/mol. The standard InChI is InChI=1S/C55H86N4O14S/c1-6-58(46-12-10-11-43(2)39-46)52(62)42-59-47-19-38-74-50(47)41-48(59)49(60)40-44-14-16-45(17-15-44)54(64)57-20-9-7-8-13-51(61)56-21-23-66-25-27-68-29-31-70-33-35-72-37-36-71-34-32-69-30-28-67-26-24-65-22-18-53(63)73-55(3,4)5/h10-12,19,38-39,41,44-45H,6-9,13-18,20-37,40,42H2,1-5H3,(H,56,61)(H,57,64). The molecule has 1 aromatic carbocycles. The largest absolute Gasteiger partial charge is 0.460 e. The summed E-state index contributed by atoms with van der Waals surface area (Å²) in [7, 11) is 0. The van der Waals surface area contributed by atoms with Crippen LogP contribution in [0.4, 0.5) is 5.69 Å². The van der Waals surface area contributed by atoms with Gasteiger partial charge in [-0.1, -0.05) is 18.6 Å². The zero-order chi connectivity index (χ0) is 53.2. The van der Waals surface area contributed by atoms with Gasteiger partial charge in [-0.3, -0.25) is 24.0 Å². The number of anilines is 1. The summed E-state index contributed by atoms with van der Waals surface area (Å²) in [5.74, 6) is -0.0884. The number of aryl methyl sites for hydroxylation is 1. The Morgan fingerprint density at radius 2 is 1.23 bits per heavy atom. The number of rotatable bonds is 41. The number of fused-ring (bicyclic) bond motifs is 1. The lowest BCUT2D eigenvalue weighted by molar-refractivity contribution is -0.156. The van der Waals surface area contributed by atoms with Crippen LogP contribution in [-0.4, -0.2) is 165 Å². The predicted molar refractivity (Wildman–Crippen MR) is 285 cm³/mol. The van der Waals surface area contributed by atoms with Gasteiger partial charge in [0.2, 0.25) is 17.7 Å². The smallest absolute Gasteiger partial charge is 0.308 e. The molecule has 1 saturated carbocycles. The first-order chi connectivity index (χ1) is 35.8. The van der Waals surface area contributed by atoms with Crippen LogP contribution in [0.5, 0.6) is 0 Å². The fraction of sp³-hybridized carbons (Fsp3) is 0.691. The second-order valence-electron chi connectivity index (χ2n) is 19.3. The number of carbonyl (C=O) groups is 5. The summed E-state index contributed by atoms with van der Waals surface area (Å²) in [6, 6.07) is 11.8. The van der Waals surface area contributed by atoms with Gasteiger partial charge in [0.25, 0.3) is 0 Å². The molecule has 19 heteroatoms. The fourth-order valence-corrected chi connectivity index (χ4v) is 9.20. The Balaban J connectivity index is 0.875. The molecule has 0 radical (unpaired) electrons. The van der Waals surface area contributed by atoms with Gasteiger partial charge in [-0.15, -0.1) is 11.3 Å². The summed E-state index contributed by atoms with van der Waals surface area (Å²) in [6.45, 7) is 18.1. The lowest BCUT2D eigenvalue weighted by Crippen LogP contribution is -2.35. The minimum absolute atomic E-state index is 0.0153. The molecular formula is C55H86N4O14S. The second-order valence-corrected chi connectivity index (χ2v) is 20.2. The second kappa shape index (κ2) is 36.6. The van der Waals surface area contributed by atoms with Gasteiger partial charge < -0.3 is 62.7 Å². The molecule has 18 nitrogen and oxygen atoms in total. The molecule has 416 valence electrons. The highest BCUT2D eigenvalue weighted by Gasteiger charge is 2.29. The molecule has 0 atom stereocenters. The molecule has 1 fully saturated rings. The molecular weight excluding hydrogens is 973 g/mol. The van der Waals surface area contributed by atoms with E-state index in [1.807, 2.05) is 81.0 Å². The maximum absolute atomic E-state index is 13.8. The summed E-state index contributed by atoms with van der Waals surface area (Å²) in [4.78, 5) is 66.0. The number of esters is 1. The molecule has 0 aliphatic heterocycles. The highest BCUT2D eigenvalue weighted by atomic mass is 32.1. The van der Waals surface area contributed by atoms with Crippen LogP contribution in [0, 0.1) is 18.8 Å². The van der Waals surface area contributed by atoms with Crippen molar-refractivity contribution in [2.45, 2.75) is 111 Å². The van der Waals surface area contributed by atoms with Crippen LogP contribution < -0.4 is 15.5 Å². The van der Waals surface area contributed by atoms with E-state index in [0.717, 1.165) is 66.4 Å². The number of nitrogens with one attached hydrogen (secondary N) is 2. The Labute approximate surface area is 443 Å². The van der Waals surface area contributed by atoms with Crippen LogP contribution in [0.2, 0.25) is 0 Å². The van der Waals surface area contributed by atoms with Crippen LogP contribution >= 0.6 is 11.3 Å². The summed E-state index contributed by atoms with van der Waals surface area (Å²) in [6.07, 6.45) is 6.57. The van der Waals surface area contributed by atoms with Crippen LogP contribution in [-0.2, 0) is 68.4 Å². The maximum atomic E-state index is 13.8. The first-order valence-corrected chi connectivity index (χ1v) is 27.6. The number of hydrogen-bond acceptors (Lipinski definition) is 15. The van der Waals surface area contributed by atoms with Crippen LogP contribution in [0.1, 0.15) is 108 Å². The number of hydrogen-bond donors (Lipinski definition) is 2. The molecule has 1 aliphatic carbocycles. The van der Waals surface area contributed by atoms with E-state index in [9.17, 15) is 24.0 Å². The van der Waals surface area contributed by atoms with Crippen molar-refractivity contribution in [1.29, 1.82) is 0 Å². The third kappa shape index (κ3) is 26.0. The molecule has 3 amide bonds. The van der Waals surface area contributed by atoms with Gasteiger partial charge in [0.15, 0.2) is 5.78 Å². The van der Waals surface area contributed by atoms with E-state index in [0.29, 0.717) is 144 Å². The van der Waals surface area contributed by atoms with Crippen molar-refractivity contribution in [3.63, 3.8) is 0 Å². The molecule has 0 bridgehead atoms. The van der Waals surface area contributed by atoms with Crippen LogP contribution in [0.3, 0.4) is 0 Å². The molecule has 2 heterocycles. The Kier molecular flexibility index (Phi) is 30.8. The number of Topliss-reactive ketones (excluding diaryl/α,β-unsaturated/α-hetero) is 1. The zero-order valence-electron chi connectivity index (χ0n) is 44.9. The maximum Gasteiger partial charge on any atom is 0.308 e. The summed E-state index contributed by atoms with van der Waals surface area (Å²) >= 11 is 1.57. The van der Waals surface area contributed by atoms with Gasteiger partial charge in [0.1, 0.15) is 12.1 Å². The van der Waals surface area contributed by atoms with Gasteiger partial charge in [-0.25, -0.2) is 0 Å². The average Bonchev–Trinajstić information content (AvgIpc) is 3.97. The third-order valence-electron chi connectivity index (χ3n) is 12.1. The van der Waals surface area contributed by atoms with E-state index in [1.54, 1.807) is 16.2 Å². The highest BCUT2D eigenvalue weighted by molar-refractivity contribution is 7.17. The van der Waals surface area contributed by atoms with E-state index in [2.05, 4.69) is 10.6 Å². The number of likely N-dealkylation sites (N-methyl/N-ethyl adjacent to an activating group) is 1. The summed E-state index contributed by atoms with van der Waals surface area (Å²) in [5.41, 5.74) is 2.93. The predicted octanol–water partition coefficient (Wildman–Crippen LogP) is 7.10. The van der Waals surface area contributed by atoms with Gasteiger partial charge in [0, 0.05) is 44.1 Å². The Hall–Kier alpha value is -4.31. The van der Waals surface area contributed by atoms with Crippen molar-refractivity contribution in [2.75, 3.05) is 130 Å². The molecule has 1 aliphatic rings. The number of nitrogens with zero attached hydrogens (tertiary/aromatic N) is 2. The van der Waals surface area contributed by atoms with Crippen molar-refractivity contribution >= 4 is 56.7 Å². The number of amides is 3. The summed E-state index contributed by atoms with van der Waals surface area (Å²) in [5, 5.41) is 7.97. The summed E-state index contributed by atoms with van der Waals surface area (Å²) < 4.78 is 52.0. The molecule has 0 saturated heterocycles. The lowest BCUT2D eigenvalue weighted by atomic mass is 9.79. The van der Waals surface area contributed by atoms with Crippen LogP contribution in [0.25, 0.3) is 10.2 Å². The molecule has 2 N–H and O–H groups in total. The molecule has 2 aromatic heterocycles. The first-order valence-electron chi connectivity index (χ1n) is 26.7. The van der Waals surface area contributed by atoms with Crippen molar-refractivity contribution < 1.29 is 66.6 Å². The van der Waals surface area contributed by atoms with Gasteiger partial charge >= 0.3 is 5.97 Å². The SMILES string of the molecule is CCN(C(=O)Cn1c(C(=O)CC2CCC(C(=O)NCCCCCC(=O)NCCOCCOCCOCCOCCOCCOCCOCCOCCC(=O)OC(C)(C)C)CC2)cc2sccc21)c1cccc(C)c1. The van der Waals surface area contributed by atoms with Crippen molar-refractivity contribution in [3.05, 3.63) is 53.0 Å². The normalized spacial score (nSPS) is 14.8. The molecule has 0 spiro atoms. The number of ketones is 1. The lowest BCUT2D eigenvalue weighted by Gasteiger charge is -2.27. The minimum Gasteiger partial charge on any atom is -0.460 e. The number of carbonyl (C=O) groups excluding carboxylic acids is 5. The Morgan fingerprint density at radius 3 is 1.78 bits per heavy atom. The number of thiophene rings is 1. The van der Waals surface area contributed by atoms with E-state index in [1.165, 1.54) is 0 Å². The quantitative estimate of drug-likeness (QED) is 0.0331. The van der Waals surface area contributed by atoms with Crippen molar-refractivity contribution in [1.82, 2.24) is 15.2 Å². The molecule has 0 unspecified atom stereocenters. The number of aromatic nitrogens is 1. The first kappa shape index (κ1) is 62.2. The third-order valence-corrected chi connectivity index (χ3v) is 13.0. The van der Waals surface area contributed by atoms with E-state index >= 15 is 0 Å². The zero-order valence-corrected chi connectivity index (χ0v) is 45.7. The van der Waals surface area contributed by atoms with Gasteiger partial charge in [-0.2, -0.15) is 0 Å². The topological polar surface area (TPSA) is 201 Å². The van der Waals surface area contributed by atoms with E-state index in [-0.39, 0.29) is 54.3 Å². The fourth-order valence-electron chi connectivity index (χ4n) is 8.38. The minimum atomic E-state index is -0.488. The number of unbranched alkanes of at least 4 members (excludes halogenated alkanes) is 2. The Bertz CT molecular complexity index is 2060. The molecule has 4 rings (SSSR count). The van der Waals surface area contributed by atoms with Crippen molar-refractivity contribution in [2.24, 2.45) is 11.8 Å². The van der Waals surface area contributed by atoms with E-state index < -0.39 is 5.60 Å². The van der Waals surface area contributed by atoms with Gasteiger partial charge in [0.05, 0.1) is 128 Å². The van der Waals surface area contributed by atoms with Crippen molar-refractivity contribution in [3.8, 4) is 0 Å². The Morgan fingerprint density at radius 1 is 0.662 bits per heavy atom. The molecule has 3 aromatic rings.